The second-order valence-corrected chi connectivity index (χ2v) is 11.9. The van der Waals surface area contributed by atoms with Gasteiger partial charge in [0.25, 0.3) is 11.6 Å². The van der Waals surface area contributed by atoms with Gasteiger partial charge in [0.2, 0.25) is 0 Å². The molecule has 6 rings (SSSR count). The van der Waals surface area contributed by atoms with Gasteiger partial charge in [-0.1, -0.05) is 103 Å². The highest BCUT2D eigenvalue weighted by atomic mass is 16.6. The first-order valence-electron chi connectivity index (χ1n) is 15.0. The molecule has 222 valence electrons. The van der Waals surface area contributed by atoms with Gasteiger partial charge in [-0.3, -0.25) is 19.8 Å². The third-order valence-corrected chi connectivity index (χ3v) is 8.60. The van der Waals surface area contributed by atoms with E-state index in [2.05, 4.69) is 104 Å². The molecular formula is C40H34N2O3. The lowest BCUT2D eigenvalue weighted by Crippen LogP contribution is -2.48. The van der Waals surface area contributed by atoms with Gasteiger partial charge in [0.05, 0.1) is 21.6 Å². The smallest absolute Gasteiger partial charge is 0.269 e. The Balaban J connectivity index is 1.50. The first-order chi connectivity index (χ1) is 21.7. The van der Waals surface area contributed by atoms with E-state index in [4.69, 9.17) is 0 Å². The molecule has 0 unspecified atom stereocenters. The van der Waals surface area contributed by atoms with Crippen LogP contribution in [-0.4, -0.2) is 16.4 Å². The fourth-order valence-corrected chi connectivity index (χ4v) is 6.68. The van der Waals surface area contributed by atoms with E-state index in [1.54, 1.807) is 18.2 Å². The SMILES string of the molecule is CC1=CC(C)(C)N(C(=O)/C=C/c2ccc([N+](=O)[O-])cc2)c2ccc(C(c3ccccc3)(c3ccccc3)c3ccccc3)cc21. The molecule has 0 atom stereocenters. The number of anilines is 1. The minimum Gasteiger partial charge on any atom is -0.299 e. The van der Waals surface area contributed by atoms with Crippen molar-refractivity contribution in [3.05, 3.63) is 189 Å². The number of carbonyl (C=O) groups is 1. The molecule has 0 spiro atoms. The number of allylic oxidation sites excluding steroid dienone is 1. The van der Waals surface area contributed by atoms with Gasteiger partial charge in [0.15, 0.2) is 0 Å². The summed E-state index contributed by atoms with van der Waals surface area (Å²) in [6.07, 6.45) is 5.38. The van der Waals surface area contributed by atoms with Crippen LogP contribution >= 0.6 is 0 Å². The Bertz CT molecular complexity index is 1810. The summed E-state index contributed by atoms with van der Waals surface area (Å²) in [5.41, 5.74) is 7.04. The molecule has 5 aromatic rings. The molecule has 0 bridgehead atoms. The van der Waals surface area contributed by atoms with Crippen LogP contribution in [0.15, 0.2) is 146 Å². The van der Waals surface area contributed by atoms with Gasteiger partial charge < -0.3 is 0 Å². The fraction of sp³-hybridized carbons (Fsp3) is 0.125. The zero-order valence-corrected chi connectivity index (χ0v) is 25.6. The Hall–Kier alpha value is -5.55. The maximum Gasteiger partial charge on any atom is 0.269 e. The van der Waals surface area contributed by atoms with E-state index >= 15 is 0 Å². The van der Waals surface area contributed by atoms with Crippen LogP contribution in [0.1, 0.15) is 54.2 Å². The number of fused-ring (bicyclic) bond motifs is 1. The van der Waals surface area contributed by atoms with Gasteiger partial charge in [-0.25, -0.2) is 0 Å². The van der Waals surface area contributed by atoms with Crippen molar-refractivity contribution in [1.82, 2.24) is 0 Å². The monoisotopic (exact) mass is 590 g/mol. The van der Waals surface area contributed by atoms with E-state index < -0.39 is 15.9 Å². The number of rotatable bonds is 7. The quantitative estimate of drug-likeness (QED) is 0.0821. The fourth-order valence-electron chi connectivity index (χ4n) is 6.68. The molecule has 1 aliphatic heterocycles. The number of benzene rings is 5. The van der Waals surface area contributed by atoms with Crippen molar-refractivity contribution in [3.8, 4) is 0 Å². The van der Waals surface area contributed by atoms with Crippen LogP contribution in [0.3, 0.4) is 0 Å². The van der Waals surface area contributed by atoms with E-state index in [0.29, 0.717) is 5.56 Å². The van der Waals surface area contributed by atoms with Crippen molar-refractivity contribution >= 4 is 28.9 Å². The summed E-state index contributed by atoms with van der Waals surface area (Å²) >= 11 is 0. The van der Waals surface area contributed by atoms with E-state index in [9.17, 15) is 14.9 Å². The molecule has 1 amide bonds. The molecule has 0 aliphatic carbocycles. The van der Waals surface area contributed by atoms with E-state index in [-0.39, 0.29) is 11.6 Å². The molecule has 0 saturated carbocycles. The third kappa shape index (κ3) is 5.38. The Morgan fingerprint density at radius 2 is 1.24 bits per heavy atom. The summed E-state index contributed by atoms with van der Waals surface area (Å²) in [6, 6.07) is 44.4. The Kier molecular flexibility index (Phi) is 7.78. The molecule has 5 heteroatoms. The van der Waals surface area contributed by atoms with Crippen LogP contribution in [0, 0.1) is 10.1 Å². The summed E-state index contributed by atoms with van der Waals surface area (Å²) in [5, 5.41) is 11.0. The molecule has 5 aromatic carbocycles. The third-order valence-electron chi connectivity index (χ3n) is 8.60. The van der Waals surface area contributed by atoms with Crippen LogP contribution in [-0.2, 0) is 10.2 Å². The Morgan fingerprint density at radius 3 is 1.73 bits per heavy atom. The average molecular weight is 591 g/mol. The summed E-state index contributed by atoms with van der Waals surface area (Å²) < 4.78 is 0. The summed E-state index contributed by atoms with van der Waals surface area (Å²) in [4.78, 5) is 26.3. The van der Waals surface area contributed by atoms with Crippen molar-refractivity contribution in [2.45, 2.75) is 31.7 Å². The van der Waals surface area contributed by atoms with Crippen LogP contribution < -0.4 is 4.90 Å². The molecular weight excluding hydrogens is 556 g/mol. The summed E-state index contributed by atoms with van der Waals surface area (Å²) in [6.45, 7) is 6.18. The number of hydrogen-bond donors (Lipinski definition) is 0. The van der Waals surface area contributed by atoms with Crippen LogP contribution in [0.25, 0.3) is 11.6 Å². The molecule has 1 heterocycles. The predicted octanol–water partition coefficient (Wildman–Crippen LogP) is 9.22. The largest absolute Gasteiger partial charge is 0.299 e. The molecule has 0 radical (unpaired) electrons. The lowest BCUT2D eigenvalue weighted by atomic mass is 9.64. The first-order valence-corrected chi connectivity index (χ1v) is 15.0. The lowest BCUT2D eigenvalue weighted by Gasteiger charge is -2.42. The van der Waals surface area contributed by atoms with Gasteiger partial charge in [-0.2, -0.15) is 0 Å². The Morgan fingerprint density at radius 1 is 0.733 bits per heavy atom. The van der Waals surface area contributed by atoms with Crippen molar-refractivity contribution in [1.29, 1.82) is 0 Å². The topological polar surface area (TPSA) is 63.5 Å². The maximum absolute atomic E-state index is 13.9. The number of nitrogens with zero attached hydrogens (tertiary/aromatic N) is 2. The number of nitro groups is 1. The highest BCUT2D eigenvalue weighted by Crippen LogP contribution is 2.48. The normalized spacial score (nSPS) is 14.1. The highest BCUT2D eigenvalue weighted by Gasteiger charge is 2.40. The maximum atomic E-state index is 13.9. The highest BCUT2D eigenvalue weighted by molar-refractivity contribution is 6.08. The molecule has 0 aromatic heterocycles. The lowest BCUT2D eigenvalue weighted by molar-refractivity contribution is -0.384. The molecule has 5 nitrogen and oxygen atoms in total. The van der Waals surface area contributed by atoms with E-state index in [0.717, 1.165) is 39.1 Å². The van der Waals surface area contributed by atoms with Crippen molar-refractivity contribution in [2.75, 3.05) is 4.90 Å². The zero-order valence-electron chi connectivity index (χ0n) is 25.6. The van der Waals surface area contributed by atoms with Crippen molar-refractivity contribution in [3.63, 3.8) is 0 Å². The minimum atomic E-state index is -0.600. The number of carbonyl (C=O) groups excluding carboxylic acids is 1. The molecule has 0 fully saturated rings. The number of hydrogen-bond acceptors (Lipinski definition) is 3. The van der Waals surface area contributed by atoms with E-state index in [1.807, 2.05) is 36.9 Å². The number of nitro benzene ring substituents is 1. The van der Waals surface area contributed by atoms with Gasteiger partial charge in [-0.15, -0.1) is 0 Å². The summed E-state index contributed by atoms with van der Waals surface area (Å²) in [7, 11) is 0. The second-order valence-electron chi connectivity index (χ2n) is 11.9. The average Bonchev–Trinajstić information content (AvgIpc) is 3.05. The molecule has 0 N–H and O–H groups in total. The van der Waals surface area contributed by atoms with Crippen LogP contribution in [0.4, 0.5) is 11.4 Å². The standard InChI is InChI=1S/C40H34N2O3/c1-29-28-39(2,3)41(38(43)26-21-30-19-23-35(24-20-30)42(44)45)37-25-22-34(27-36(29)37)40(31-13-7-4-8-14-31,32-15-9-5-10-16-32)33-17-11-6-12-18-33/h4-28H,1-3H3/b26-21+. The van der Waals surface area contributed by atoms with Gasteiger partial charge in [-0.05, 0) is 84.5 Å². The van der Waals surface area contributed by atoms with Crippen molar-refractivity contribution < 1.29 is 9.72 Å². The van der Waals surface area contributed by atoms with Gasteiger partial charge >= 0.3 is 0 Å². The Labute approximate surface area is 263 Å². The molecule has 45 heavy (non-hydrogen) atoms. The summed E-state index contributed by atoms with van der Waals surface area (Å²) in [5.74, 6) is -0.170. The molecule has 1 aliphatic rings. The van der Waals surface area contributed by atoms with E-state index in [1.165, 1.54) is 18.2 Å². The second kappa shape index (κ2) is 11.9. The zero-order chi connectivity index (χ0) is 31.6. The minimum absolute atomic E-state index is 0.0126. The van der Waals surface area contributed by atoms with Gasteiger partial charge in [0, 0.05) is 23.8 Å². The van der Waals surface area contributed by atoms with Crippen LogP contribution in [0.5, 0.6) is 0 Å². The van der Waals surface area contributed by atoms with Gasteiger partial charge in [0.1, 0.15) is 0 Å². The van der Waals surface area contributed by atoms with Crippen LogP contribution in [0.2, 0.25) is 0 Å². The number of amides is 1. The van der Waals surface area contributed by atoms with Crippen molar-refractivity contribution in [2.24, 2.45) is 0 Å². The molecule has 0 saturated heterocycles. The number of non-ortho nitro benzene ring substituents is 1. The predicted molar refractivity (Wildman–Crippen MR) is 182 cm³/mol. The first kappa shape index (κ1) is 29.5.